The average molecular weight is 370 g/mol. The Hall–Kier alpha value is -1.30. The van der Waals surface area contributed by atoms with Crippen molar-refractivity contribution in [1.82, 2.24) is 9.80 Å². The first-order valence-electron chi connectivity index (χ1n) is 8.01. The Morgan fingerprint density at radius 1 is 1.12 bits per heavy atom. The molecule has 130 valence electrons. The Morgan fingerprint density at radius 2 is 1.71 bits per heavy atom. The van der Waals surface area contributed by atoms with Crippen molar-refractivity contribution in [2.45, 2.75) is 17.7 Å². The van der Waals surface area contributed by atoms with Gasteiger partial charge in [0.1, 0.15) is 4.33 Å². The number of likely N-dealkylation sites (N-methyl/N-ethyl adjacent to an activating group) is 1. The second-order valence-electron chi connectivity index (χ2n) is 6.81. The van der Waals surface area contributed by atoms with Crippen molar-refractivity contribution in [2.75, 3.05) is 38.5 Å². The van der Waals surface area contributed by atoms with E-state index in [4.69, 9.17) is 23.2 Å². The minimum absolute atomic E-state index is 0.0667. The standard InChI is InChI=1S/C17H21Cl2N3O2/c1-16(11-17(16,18)19)15(24)20-13-6-4-3-5-12(13)14(23)22-9-7-21(2)8-10-22/h3-6H,7-11H2,1-2H3,(H,20,24)/t16-/m0/s1. The number of para-hydroxylation sites is 1. The van der Waals surface area contributed by atoms with E-state index in [9.17, 15) is 9.59 Å². The zero-order chi connectivity index (χ0) is 17.5. The van der Waals surface area contributed by atoms with Crippen molar-refractivity contribution in [3.8, 4) is 0 Å². The highest BCUT2D eigenvalue weighted by Crippen LogP contribution is 2.64. The van der Waals surface area contributed by atoms with E-state index in [0.29, 0.717) is 30.8 Å². The maximum atomic E-state index is 12.8. The number of hydrogen-bond donors (Lipinski definition) is 1. The molecule has 3 rings (SSSR count). The number of carbonyl (C=O) groups excluding carboxylic acids is 2. The van der Waals surface area contributed by atoms with Gasteiger partial charge < -0.3 is 15.1 Å². The monoisotopic (exact) mass is 369 g/mol. The summed E-state index contributed by atoms with van der Waals surface area (Å²) in [6.07, 6.45) is 0.406. The molecule has 5 nitrogen and oxygen atoms in total. The van der Waals surface area contributed by atoms with Crippen LogP contribution in [0, 0.1) is 5.41 Å². The lowest BCUT2D eigenvalue weighted by Gasteiger charge is -2.32. The topological polar surface area (TPSA) is 52.6 Å². The van der Waals surface area contributed by atoms with E-state index in [0.717, 1.165) is 13.1 Å². The van der Waals surface area contributed by atoms with Crippen LogP contribution in [0.15, 0.2) is 24.3 Å². The highest BCUT2D eigenvalue weighted by atomic mass is 35.5. The van der Waals surface area contributed by atoms with Crippen molar-refractivity contribution in [3.63, 3.8) is 0 Å². The largest absolute Gasteiger partial charge is 0.336 e. The molecule has 7 heteroatoms. The molecular formula is C17H21Cl2N3O2. The second-order valence-corrected chi connectivity index (χ2v) is 8.29. The number of amides is 2. The van der Waals surface area contributed by atoms with Crippen LogP contribution in [0.2, 0.25) is 0 Å². The molecule has 1 heterocycles. The van der Waals surface area contributed by atoms with Gasteiger partial charge in [0.2, 0.25) is 5.91 Å². The van der Waals surface area contributed by atoms with Crippen LogP contribution in [0.25, 0.3) is 0 Å². The summed E-state index contributed by atoms with van der Waals surface area (Å²) in [6, 6.07) is 7.06. The predicted octanol–water partition coefficient (Wildman–Crippen LogP) is 2.60. The number of hydrogen-bond acceptors (Lipinski definition) is 3. The van der Waals surface area contributed by atoms with E-state index in [1.54, 1.807) is 31.2 Å². The molecule has 2 amide bonds. The van der Waals surface area contributed by atoms with E-state index in [-0.39, 0.29) is 11.8 Å². The van der Waals surface area contributed by atoms with E-state index >= 15 is 0 Å². The minimum atomic E-state index is -1.03. The Bertz CT molecular complexity index is 672. The summed E-state index contributed by atoms with van der Waals surface area (Å²) in [4.78, 5) is 29.3. The van der Waals surface area contributed by atoms with Gasteiger partial charge >= 0.3 is 0 Å². The molecule has 0 radical (unpaired) electrons. The molecular weight excluding hydrogens is 349 g/mol. The molecule has 0 spiro atoms. The molecule has 24 heavy (non-hydrogen) atoms. The number of rotatable bonds is 3. The maximum absolute atomic E-state index is 12.8. The van der Waals surface area contributed by atoms with Crippen LogP contribution in [-0.2, 0) is 4.79 Å². The summed E-state index contributed by atoms with van der Waals surface area (Å²) in [5, 5.41) is 2.83. The predicted molar refractivity (Wildman–Crippen MR) is 95.6 cm³/mol. The van der Waals surface area contributed by atoms with E-state index < -0.39 is 9.75 Å². The van der Waals surface area contributed by atoms with Gasteiger partial charge in [0, 0.05) is 26.2 Å². The normalized spacial score (nSPS) is 26.1. The number of carbonyl (C=O) groups is 2. The number of anilines is 1. The third kappa shape index (κ3) is 3.13. The Morgan fingerprint density at radius 3 is 2.29 bits per heavy atom. The first-order chi connectivity index (χ1) is 11.2. The van der Waals surface area contributed by atoms with Gasteiger partial charge in [-0.05, 0) is 32.5 Å². The van der Waals surface area contributed by atoms with Crippen molar-refractivity contribution in [2.24, 2.45) is 5.41 Å². The van der Waals surface area contributed by atoms with Crippen LogP contribution in [-0.4, -0.2) is 59.2 Å². The first kappa shape index (κ1) is 17.5. The van der Waals surface area contributed by atoms with E-state index in [2.05, 4.69) is 10.2 Å². The van der Waals surface area contributed by atoms with Crippen LogP contribution in [0.5, 0.6) is 0 Å². The number of piperazine rings is 1. The molecule has 0 unspecified atom stereocenters. The zero-order valence-corrected chi connectivity index (χ0v) is 15.3. The zero-order valence-electron chi connectivity index (χ0n) is 13.8. The number of benzene rings is 1. The van der Waals surface area contributed by atoms with Gasteiger partial charge in [-0.25, -0.2) is 0 Å². The smallest absolute Gasteiger partial charge is 0.256 e. The molecule has 1 aromatic rings. The van der Waals surface area contributed by atoms with E-state index in [1.165, 1.54) is 0 Å². The summed E-state index contributed by atoms with van der Waals surface area (Å²) in [7, 11) is 2.04. The Labute approximate surface area is 151 Å². The number of alkyl halides is 2. The highest BCUT2D eigenvalue weighted by Gasteiger charge is 2.67. The van der Waals surface area contributed by atoms with E-state index in [1.807, 2.05) is 11.9 Å². The molecule has 1 N–H and O–H groups in total. The highest BCUT2D eigenvalue weighted by molar-refractivity contribution is 6.53. The molecule has 1 saturated carbocycles. The van der Waals surface area contributed by atoms with Gasteiger partial charge in [-0.2, -0.15) is 0 Å². The quantitative estimate of drug-likeness (QED) is 0.833. The molecule has 1 aromatic carbocycles. The molecule has 0 aromatic heterocycles. The van der Waals surface area contributed by atoms with Gasteiger partial charge in [-0.1, -0.05) is 12.1 Å². The maximum Gasteiger partial charge on any atom is 0.256 e. The molecule has 0 bridgehead atoms. The molecule has 1 aliphatic carbocycles. The fourth-order valence-corrected chi connectivity index (χ4v) is 3.57. The van der Waals surface area contributed by atoms with Crippen LogP contribution >= 0.6 is 23.2 Å². The van der Waals surface area contributed by atoms with Gasteiger partial charge in [-0.15, -0.1) is 23.2 Å². The van der Waals surface area contributed by atoms with Crippen LogP contribution < -0.4 is 5.32 Å². The first-order valence-corrected chi connectivity index (χ1v) is 8.76. The Balaban J connectivity index is 1.76. The fourth-order valence-electron chi connectivity index (χ4n) is 2.86. The third-order valence-corrected chi connectivity index (χ3v) is 6.06. The van der Waals surface area contributed by atoms with Crippen molar-refractivity contribution >= 4 is 40.7 Å². The number of nitrogens with one attached hydrogen (secondary N) is 1. The molecule has 2 aliphatic rings. The third-order valence-electron chi connectivity index (χ3n) is 4.96. The van der Waals surface area contributed by atoms with Crippen molar-refractivity contribution in [3.05, 3.63) is 29.8 Å². The summed E-state index contributed by atoms with van der Waals surface area (Å²) < 4.78 is -1.03. The average Bonchev–Trinajstić information content (AvgIpc) is 3.08. The molecule has 1 aliphatic heterocycles. The van der Waals surface area contributed by atoms with Gasteiger partial charge in [0.15, 0.2) is 0 Å². The van der Waals surface area contributed by atoms with Crippen LogP contribution in [0.1, 0.15) is 23.7 Å². The Kier molecular flexibility index (Phi) is 4.53. The lowest BCUT2D eigenvalue weighted by molar-refractivity contribution is -0.120. The van der Waals surface area contributed by atoms with Gasteiger partial charge in [0.05, 0.1) is 16.7 Å². The minimum Gasteiger partial charge on any atom is -0.336 e. The van der Waals surface area contributed by atoms with Gasteiger partial charge in [-0.3, -0.25) is 9.59 Å². The van der Waals surface area contributed by atoms with Crippen molar-refractivity contribution < 1.29 is 9.59 Å². The summed E-state index contributed by atoms with van der Waals surface area (Å²) >= 11 is 12.1. The molecule has 1 saturated heterocycles. The molecule has 2 fully saturated rings. The van der Waals surface area contributed by atoms with Crippen LogP contribution in [0.4, 0.5) is 5.69 Å². The van der Waals surface area contributed by atoms with Crippen LogP contribution in [0.3, 0.4) is 0 Å². The second kappa shape index (κ2) is 6.21. The number of nitrogens with zero attached hydrogens (tertiary/aromatic N) is 2. The summed E-state index contributed by atoms with van der Waals surface area (Å²) in [5.74, 6) is -0.325. The fraction of sp³-hybridized carbons (Fsp3) is 0.529. The molecule has 1 atom stereocenters. The van der Waals surface area contributed by atoms with Crippen molar-refractivity contribution in [1.29, 1.82) is 0 Å². The lowest BCUT2D eigenvalue weighted by atomic mass is 10.1. The summed E-state index contributed by atoms with van der Waals surface area (Å²) in [6.45, 7) is 4.79. The number of halogens is 2. The SMILES string of the molecule is CN1CCN(C(=O)c2ccccc2NC(=O)[C@]2(C)CC2(Cl)Cl)CC1. The van der Waals surface area contributed by atoms with Gasteiger partial charge in [0.25, 0.3) is 5.91 Å². The lowest BCUT2D eigenvalue weighted by Crippen LogP contribution is -2.47. The summed E-state index contributed by atoms with van der Waals surface area (Å²) in [5.41, 5.74) is 0.179.